The van der Waals surface area contributed by atoms with E-state index < -0.39 is 11.7 Å². The van der Waals surface area contributed by atoms with Crippen LogP contribution in [0.15, 0.2) is 24.3 Å². The molecule has 0 aliphatic carbocycles. The predicted molar refractivity (Wildman–Crippen MR) is 86.6 cm³/mol. The van der Waals surface area contributed by atoms with Crippen LogP contribution in [0.1, 0.15) is 39.2 Å². The summed E-state index contributed by atoms with van der Waals surface area (Å²) < 4.78 is 37.7. The number of benzene rings is 1. The molecule has 2 amide bonds. The summed E-state index contributed by atoms with van der Waals surface area (Å²) in [6.07, 6.45) is -3.46. The van der Waals surface area contributed by atoms with Crippen LogP contribution in [0.25, 0.3) is 0 Å². The van der Waals surface area contributed by atoms with Crippen LogP contribution >= 0.6 is 0 Å². The molecule has 4 nitrogen and oxygen atoms in total. The van der Waals surface area contributed by atoms with Gasteiger partial charge < -0.3 is 10.2 Å². The Bertz CT molecular complexity index is 554. The van der Waals surface area contributed by atoms with E-state index in [1.807, 2.05) is 13.8 Å². The van der Waals surface area contributed by atoms with Gasteiger partial charge in [-0.05, 0) is 36.6 Å². The minimum atomic E-state index is -4.42. The first-order valence-electron chi connectivity index (χ1n) is 7.83. The van der Waals surface area contributed by atoms with Crippen molar-refractivity contribution < 1.29 is 22.8 Å². The molecule has 1 rings (SSSR count). The second kappa shape index (κ2) is 8.70. The summed E-state index contributed by atoms with van der Waals surface area (Å²) in [6, 6.07) is 4.32. The summed E-state index contributed by atoms with van der Waals surface area (Å²) in [5.74, 6) is -0.0373. The lowest BCUT2D eigenvalue weighted by atomic mass is 10.1. The normalized spacial score (nSPS) is 11.5. The SMILES string of the molecule is CC(=O)N(CCC(=O)NCCC(C)C)c1ccc(C(F)(F)F)cc1. The Hall–Kier alpha value is -2.05. The monoisotopic (exact) mass is 344 g/mol. The summed E-state index contributed by atoms with van der Waals surface area (Å²) in [5, 5.41) is 2.76. The molecule has 1 aromatic carbocycles. The molecule has 24 heavy (non-hydrogen) atoms. The van der Waals surface area contributed by atoms with Gasteiger partial charge in [0.15, 0.2) is 0 Å². The van der Waals surface area contributed by atoms with Crippen molar-refractivity contribution in [1.82, 2.24) is 5.32 Å². The number of hydrogen-bond donors (Lipinski definition) is 1. The number of rotatable bonds is 7. The first-order valence-corrected chi connectivity index (χ1v) is 7.83. The lowest BCUT2D eigenvalue weighted by molar-refractivity contribution is -0.137. The molecule has 0 saturated carbocycles. The molecule has 0 aromatic heterocycles. The number of hydrogen-bond acceptors (Lipinski definition) is 2. The number of amides is 2. The van der Waals surface area contributed by atoms with Crippen molar-refractivity contribution in [1.29, 1.82) is 0 Å². The number of alkyl halides is 3. The van der Waals surface area contributed by atoms with Crippen LogP contribution in [0.3, 0.4) is 0 Å². The Kier molecular flexibility index (Phi) is 7.25. The smallest absolute Gasteiger partial charge is 0.356 e. The molecule has 134 valence electrons. The Labute approximate surface area is 140 Å². The van der Waals surface area contributed by atoms with Crippen LogP contribution in [0.5, 0.6) is 0 Å². The van der Waals surface area contributed by atoms with E-state index in [0.717, 1.165) is 18.6 Å². The third-order valence-corrected chi connectivity index (χ3v) is 3.49. The molecule has 0 radical (unpaired) electrons. The van der Waals surface area contributed by atoms with Crippen LogP contribution in [-0.2, 0) is 15.8 Å². The minimum Gasteiger partial charge on any atom is -0.356 e. The van der Waals surface area contributed by atoms with Gasteiger partial charge in [0.1, 0.15) is 0 Å². The molecule has 7 heteroatoms. The van der Waals surface area contributed by atoms with Crippen molar-refractivity contribution in [2.24, 2.45) is 5.92 Å². The Morgan fingerprint density at radius 3 is 2.21 bits per heavy atom. The number of halogens is 3. The van der Waals surface area contributed by atoms with Crippen molar-refractivity contribution in [3.05, 3.63) is 29.8 Å². The summed E-state index contributed by atoms with van der Waals surface area (Å²) in [5.41, 5.74) is -0.438. The first kappa shape index (κ1) is 20.0. The minimum absolute atomic E-state index is 0.0959. The molecule has 0 fully saturated rings. The molecule has 0 atom stereocenters. The van der Waals surface area contributed by atoms with Gasteiger partial charge >= 0.3 is 6.18 Å². The van der Waals surface area contributed by atoms with Crippen LogP contribution in [0.4, 0.5) is 18.9 Å². The Balaban J connectivity index is 2.64. The zero-order valence-corrected chi connectivity index (χ0v) is 14.1. The highest BCUT2D eigenvalue weighted by atomic mass is 19.4. The van der Waals surface area contributed by atoms with E-state index >= 15 is 0 Å². The summed E-state index contributed by atoms with van der Waals surface area (Å²) in [7, 11) is 0. The highest BCUT2D eigenvalue weighted by Crippen LogP contribution is 2.30. The fourth-order valence-corrected chi connectivity index (χ4v) is 2.10. The quantitative estimate of drug-likeness (QED) is 0.821. The number of carbonyl (C=O) groups excluding carboxylic acids is 2. The molecule has 0 unspecified atom stereocenters. The third-order valence-electron chi connectivity index (χ3n) is 3.49. The molecular weight excluding hydrogens is 321 g/mol. The van der Waals surface area contributed by atoms with Gasteiger partial charge in [0, 0.05) is 32.1 Å². The van der Waals surface area contributed by atoms with E-state index in [0.29, 0.717) is 18.2 Å². The maximum absolute atomic E-state index is 12.6. The van der Waals surface area contributed by atoms with E-state index in [4.69, 9.17) is 0 Å². The van der Waals surface area contributed by atoms with Gasteiger partial charge in [0.2, 0.25) is 11.8 Å². The van der Waals surface area contributed by atoms with E-state index in [1.165, 1.54) is 24.0 Å². The zero-order chi connectivity index (χ0) is 18.3. The number of nitrogens with zero attached hydrogens (tertiary/aromatic N) is 1. The highest BCUT2D eigenvalue weighted by Gasteiger charge is 2.30. The maximum Gasteiger partial charge on any atom is 0.416 e. The maximum atomic E-state index is 12.6. The number of carbonyl (C=O) groups is 2. The summed E-state index contributed by atoms with van der Waals surface area (Å²) in [4.78, 5) is 24.8. The van der Waals surface area contributed by atoms with E-state index in [-0.39, 0.29) is 24.8 Å². The zero-order valence-electron chi connectivity index (χ0n) is 14.1. The lowest BCUT2D eigenvalue weighted by Crippen LogP contribution is -2.34. The van der Waals surface area contributed by atoms with Gasteiger partial charge in [-0.1, -0.05) is 13.8 Å². The van der Waals surface area contributed by atoms with Gasteiger partial charge in [-0.15, -0.1) is 0 Å². The van der Waals surface area contributed by atoms with Crippen LogP contribution in [0.2, 0.25) is 0 Å². The third kappa shape index (κ3) is 6.60. The van der Waals surface area contributed by atoms with Crippen molar-refractivity contribution in [3.63, 3.8) is 0 Å². The van der Waals surface area contributed by atoms with Gasteiger partial charge in [-0.2, -0.15) is 13.2 Å². The Morgan fingerprint density at radius 1 is 1.17 bits per heavy atom. The predicted octanol–water partition coefficient (Wildman–Crippen LogP) is 3.61. The molecule has 0 heterocycles. The van der Waals surface area contributed by atoms with E-state index in [1.54, 1.807) is 0 Å². The molecule has 0 bridgehead atoms. The summed E-state index contributed by atoms with van der Waals surface area (Å²) >= 11 is 0. The molecular formula is C17H23F3N2O2. The van der Waals surface area contributed by atoms with Gasteiger partial charge in [0.05, 0.1) is 5.56 Å². The van der Waals surface area contributed by atoms with Crippen LogP contribution in [0, 0.1) is 5.92 Å². The van der Waals surface area contributed by atoms with Crippen molar-refractivity contribution in [3.8, 4) is 0 Å². The van der Waals surface area contributed by atoms with Crippen LogP contribution < -0.4 is 10.2 Å². The standard InChI is InChI=1S/C17H23F3N2O2/c1-12(2)8-10-21-16(24)9-11-22(13(3)23)15-6-4-14(5-7-15)17(18,19)20/h4-7,12H,8-11H2,1-3H3,(H,21,24). The topological polar surface area (TPSA) is 49.4 Å². The number of nitrogens with one attached hydrogen (secondary N) is 1. The van der Waals surface area contributed by atoms with Gasteiger partial charge in [-0.3, -0.25) is 9.59 Å². The van der Waals surface area contributed by atoms with E-state index in [2.05, 4.69) is 5.32 Å². The molecule has 0 saturated heterocycles. The van der Waals surface area contributed by atoms with Crippen molar-refractivity contribution in [2.45, 2.75) is 39.8 Å². The number of anilines is 1. The second-order valence-corrected chi connectivity index (χ2v) is 6.00. The molecule has 1 N–H and O–H groups in total. The molecule has 1 aromatic rings. The Morgan fingerprint density at radius 2 is 1.75 bits per heavy atom. The van der Waals surface area contributed by atoms with Gasteiger partial charge in [-0.25, -0.2) is 0 Å². The van der Waals surface area contributed by atoms with Crippen molar-refractivity contribution >= 4 is 17.5 Å². The van der Waals surface area contributed by atoms with E-state index in [9.17, 15) is 22.8 Å². The average molecular weight is 344 g/mol. The fourth-order valence-electron chi connectivity index (χ4n) is 2.10. The highest BCUT2D eigenvalue weighted by molar-refractivity contribution is 5.92. The lowest BCUT2D eigenvalue weighted by Gasteiger charge is -2.21. The van der Waals surface area contributed by atoms with Gasteiger partial charge in [0.25, 0.3) is 0 Å². The van der Waals surface area contributed by atoms with Crippen molar-refractivity contribution in [2.75, 3.05) is 18.0 Å². The fraction of sp³-hybridized carbons (Fsp3) is 0.529. The molecule has 0 spiro atoms. The first-order chi connectivity index (χ1) is 11.1. The van der Waals surface area contributed by atoms with Crippen LogP contribution in [-0.4, -0.2) is 24.9 Å². The molecule has 0 aliphatic heterocycles. The second-order valence-electron chi connectivity index (χ2n) is 6.00. The largest absolute Gasteiger partial charge is 0.416 e. The average Bonchev–Trinajstić information content (AvgIpc) is 2.46. The summed E-state index contributed by atoms with van der Waals surface area (Å²) in [6.45, 7) is 6.10. The molecule has 0 aliphatic rings.